The highest BCUT2D eigenvalue weighted by Gasteiger charge is 2.22. The normalized spacial score (nSPS) is 18.0. The van der Waals surface area contributed by atoms with Gasteiger partial charge in [-0.3, -0.25) is 4.99 Å². The number of hydrogen-bond donors (Lipinski definition) is 1. The Kier molecular flexibility index (Phi) is 6.83. The van der Waals surface area contributed by atoms with Crippen LogP contribution in [0.3, 0.4) is 0 Å². The number of guanidine groups is 1. The van der Waals surface area contributed by atoms with Crippen LogP contribution in [0.2, 0.25) is 0 Å². The first-order valence-corrected chi connectivity index (χ1v) is 10.1. The fourth-order valence-electron chi connectivity index (χ4n) is 4.27. The van der Waals surface area contributed by atoms with Crippen LogP contribution >= 0.6 is 0 Å². The van der Waals surface area contributed by atoms with Crippen molar-refractivity contribution in [2.45, 2.75) is 44.7 Å². The van der Waals surface area contributed by atoms with E-state index in [1.165, 1.54) is 36.8 Å². The van der Waals surface area contributed by atoms with E-state index in [0.29, 0.717) is 0 Å². The van der Waals surface area contributed by atoms with E-state index in [9.17, 15) is 0 Å². The van der Waals surface area contributed by atoms with Crippen molar-refractivity contribution in [1.82, 2.24) is 15.1 Å². The van der Waals surface area contributed by atoms with Gasteiger partial charge < -0.3 is 24.6 Å². The number of nitrogens with zero attached hydrogens (tertiary/aromatic N) is 3. The van der Waals surface area contributed by atoms with Crippen molar-refractivity contribution < 1.29 is 9.47 Å². The second kappa shape index (κ2) is 9.31. The molecule has 1 aliphatic carbocycles. The molecule has 1 saturated carbocycles. The van der Waals surface area contributed by atoms with Gasteiger partial charge in [-0.05, 0) is 49.6 Å². The van der Waals surface area contributed by atoms with Crippen LogP contribution in [0.25, 0.3) is 0 Å². The first kappa shape index (κ1) is 19.8. The first-order valence-electron chi connectivity index (χ1n) is 10.1. The summed E-state index contributed by atoms with van der Waals surface area (Å²) in [5.41, 5.74) is 2.62. The number of hydrogen-bond acceptors (Lipinski definition) is 4. The smallest absolute Gasteiger partial charge is 0.194 e. The molecule has 150 valence electrons. The van der Waals surface area contributed by atoms with E-state index in [-0.39, 0.29) is 0 Å². The van der Waals surface area contributed by atoms with Crippen molar-refractivity contribution in [3.05, 3.63) is 23.3 Å². The zero-order valence-electron chi connectivity index (χ0n) is 17.3. The molecule has 0 radical (unpaired) electrons. The maximum absolute atomic E-state index is 5.47. The predicted octanol–water partition coefficient (Wildman–Crippen LogP) is 2.51. The summed E-state index contributed by atoms with van der Waals surface area (Å²) in [6, 6.07) is 4.97. The highest BCUT2D eigenvalue weighted by atomic mass is 16.5. The molecule has 1 aromatic carbocycles. The predicted molar refractivity (Wildman–Crippen MR) is 110 cm³/mol. The fourth-order valence-corrected chi connectivity index (χ4v) is 4.27. The number of nitrogens with one attached hydrogen (secondary N) is 1. The summed E-state index contributed by atoms with van der Waals surface area (Å²) in [6.45, 7) is 3.78. The SMILES string of the molecule is CN=C(NCCN(C)C1CCCC1)N1CCc2cc(OC)c(OC)cc2C1. The van der Waals surface area contributed by atoms with Crippen LogP contribution in [0.15, 0.2) is 17.1 Å². The van der Waals surface area contributed by atoms with Crippen LogP contribution in [0.5, 0.6) is 11.5 Å². The van der Waals surface area contributed by atoms with Gasteiger partial charge in [-0.15, -0.1) is 0 Å². The molecule has 0 atom stereocenters. The van der Waals surface area contributed by atoms with Gasteiger partial charge in [0.05, 0.1) is 14.2 Å². The Morgan fingerprint density at radius 1 is 1.19 bits per heavy atom. The van der Waals surface area contributed by atoms with Gasteiger partial charge >= 0.3 is 0 Å². The van der Waals surface area contributed by atoms with Crippen LogP contribution < -0.4 is 14.8 Å². The second-order valence-corrected chi connectivity index (χ2v) is 7.54. The molecule has 0 saturated heterocycles. The van der Waals surface area contributed by atoms with Crippen LogP contribution in [-0.2, 0) is 13.0 Å². The van der Waals surface area contributed by atoms with E-state index in [1.54, 1.807) is 14.2 Å². The van der Waals surface area contributed by atoms with Gasteiger partial charge in [0.1, 0.15) is 0 Å². The minimum atomic E-state index is 0.762. The lowest BCUT2D eigenvalue weighted by molar-refractivity contribution is 0.247. The molecule has 0 unspecified atom stereocenters. The van der Waals surface area contributed by atoms with Crippen molar-refractivity contribution in [2.75, 3.05) is 47.9 Å². The van der Waals surface area contributed by atoms with Crippen LogP contribution in [-0.4, -0.2) is 69.8 Å². The quantitative estimate of drug-likeness (QED) is 0.612. The molecule has 6 heteroatoms. The van der Waals surface area contributed by atoms with E-state index in [0.717, 1.165) is 56.1 Å². The van der Waals surface area contributed by atoms with E-state index in [1.807, 2.05) is 7.05 Å². The van der Waals surface area contributed by atoms with E-state index in [4.69, 9.17) is 9.47 Å². The molecule has 1 heterocycles. The summed E-state index contributed by atoms with van der Waals surface area (Å²) in [5, 5.41) is 3.55. The molecule has 1 aromatic rings. The monoisotopic (exact) mass is 374 g/mol. The van der Waals surface area contributed by atoms with Gasteiger partial charge in [-0.25, -0.2) is 0 Å². The summed E-state index contributed by atoms with van der Waals surface area (Å²) in [7, 11) is 7.49. The molecule has 6 nitrogen and oxygen atoms in total. The molecule has 0 bridgehead atoms. The minimum Gasteiger partial charge on any atom is -0.493 e. The Balaban J connectivity index is 1.57. The summed E-state index contributed by atoms with van der Waals surface area (Å²) in [4.78, 5) is 9.33. The number of likely N-dealkylation sites (N-methyl/N-ethyl adjacent to an activating group) is 1. The van der Waals surface area contributed by atoms with Crippen molar-refractivity contribution in [2.24, 2.45) is 4.99 Å². The maximum Gasteiger partial charge on any atom is 0.194 e. The Morgan fingerprint density at radius 3 is 2.48 bits per heavy atom. The van der Waals surface area contributed by atoms with E-state index >= 15 is 0 Å². The molecule has 1 N–H and O–H groups in total. The zero-order chi connectivity index (χ0) is 19.2. The van der Waals surface area contributed by atoms with Crippen LogP contribution in [0.1, 0.15) is 36.8 Å². The van der Waals surface area contributed by atoms with Gasteiger partial charge in [0, 0.05) is 39.3 Å². The summed E-state index contributed by atoms with van der Waals surface area (Å²) < 4.78 is 10.9. The largest absolute Gasteiger partial charge is 0.493 e. The summed E-state index contributed by atoms with van der Waals surface area (Å²) in [5.74, 6) is 2.58. The highest BCUT2D eigenvalue weighted by Crippen LogP contribution is 2.33. The number of aliphatic imine (C=N–C) groups is 1. The van der Waals surface area contributed by atoms with Crippen LogP contribution in [0, 0.1) is 0 Å². The van der Waals surface area contributed by atoms with Gasteiger partial charge in [0.15, 0.2) is 17.5 Å². The standard InChI is InChI=1S/C21H34N4O2/c1-22-21(23-10-12-24(2)18-7-5-6-8-18)25-11-9-16-13-19(26-3)20(27-4)14-17(16)15-25/h13-14,18H,5-12,15H2,1-4H3,(H,22,23). The molecule has 0 amide bonds. The van der Waals surface area contributed by atoms with Crippen molar-refractivity contribution in [1.29, 1.82) is 0 Å². The first-order chi connectivity index (χ1) is 13.2. The third-order valence-electron chi connectivity index (χ3n) is 5.93. The number of rotatable bonds is 6. The van der Waals surface area contributed by atoms with Gasteiger partial charge in [-0.2, -0.15) is 0 Å². The van der Waals surface area contributed by atoms with Gasteiger partial charge in [0.2, 0.25) is 0 Å². The van der Waals surface area contributed by atoms with Gasteiger partial charge in [0.25, 0.3) is 0 Å². The topological polar surface area (TPSA) is 49.3 Å². The Hall–Kier alpha value is -1.95. The molecule has 1 fully saturated rings. The minimum absolute atomic E-state index is 0.762. The summed E-state index contributed by atoms with van der Waals surface area (Å²) >= 11 is 0. The molecular weight excluding hydrogens is 340 g/mol. The second-order valence-electron chi connectivity index (χ2n) is 7.54. The van der Waals surface area contributed by atoms with Crippen LogP contribution in [0.4, 0.5) is 0 Å². The lowest BCUT2D eigenvalue weighted by Gasteiger charge is -2.33. The number of ether oxygens (including phenoxy) is 2. The molecule has 0 spiro atoms. The lowest BCUT2D eigenvalue weighted by Crippen LogP contribution is -2.46. The highest BCUT2D eigenvalue weighted by molar-refractivity contribution is 5.80. The molecule has 27 heavy (non-hydrogen) atoms. The van der Waals surface area contributed by atoms with E-state index < -0.39 is 0 Å². The van der Waals surface area contributed by atoms with Crippen molar-refractivity contribution in [3.63, 3.8) is 0 Å². The number of methoxy groups -OCH3 is 2. The molecule has 0 aromatic heterocycles. The number of fused-ring (bicyclic) bond motifs is 1. The molecule has 2 aliphatic rings. The van der Waals surface area contributed by atoms with Gasteiger partial charge in [-0.1, -0.05) is 12.8 Å². The Bertz CT molecular complexity index is 656. The van der Waals surface area contributed by atoms with E-state index in [2.05, 4.69) is 39.3 Å². The van der Waals surface area contributed by atoms with Crippen molar-refractivity contribution in [3.8, 4) is 11.5 Å². The lowest BCUT2D eigenvalue weighted by atomic mass is 9.99. The third-order valence-corrected chi connectivity index (χ3v) is 5.93. The average molecular weight is 375 g/mol. The van der Waals surface area contributed by atoms with Crippen molar-refractivity contribution >= 4 is 5.96 Å². The zero-order valence-corrected chi connectivity index (χ0v) is 17.3. The fraction of sp³-hybridized carbons (Fsp3) is 0.667. The molecule has 3 rings (SSSR count). The Labute approximate surface area is 163 Å². The third kappa shape index (κ3) is 4.67. The molecular formula is C21H34N4O2. The summed E-state index contributed by atoms with van der Waals surface area (Å²) in [6.07, 6.45) is 6.44. The number of benzene rings is 1. The maximum atomic E-state index is 5.47. The Morgan fingerprint density at radius 2 is 1.85 bits per heavy atom. The molecule has 1 aliphatic heterocycles. The average Bonchev–Trinajstić information content (AvgIpc) is 3.24.